The molecular formula is C61H41NO2. The molecule has 0 bridgehead atoms. The van der Waals surface area contributed by atoms with E-state index < -0.39 is 0 Å². The molecule has 0 fully saturated rings. The smallest absolute Gasteiger partial charge is 0.143 e. The maximum Gasteiger partial charge on any atom is 0.143 e. The Bertz CT molecular complexity index is 3800. The summed E-state index contributed by atoms with van der Waals surface area (Å²) < 4.78 is 13.4. The molecule has 0 saturated carbocycles. The Morgan fingerprint density at radius 1 is 0.344 bits per heavy atom. The Balaban J connectivity index is 0.945. The van der Waals surface area contributed by atoms with Crippen molar-refractivity contribution < 1.29 is 8.83 Å². The van der Waals surface area contributed by atoms with E-state index in [1.165, 1.54) is 44.2 Å². The fourth-order valence-corrected chi connectivity index (χ4v) is 10.6. The molecule has 0 radical (unpaired) electrons. The molecule has 13 rings (SSSR count). The second-order valence-corrected chi connectivity index (χ2v) is 17.6. The minimum Gasteiger partial charge on any atom is -0.455 e. The molecule has 0 amide bonds. The van der Waals surface area contributed by atoms with Crippen LogP contribution in [0.2, 0.25) is 0 Å². The zero-order valence-electron chi connectivity index (χ0n) is 35.5. The first-order valence-corrected chi connectivity index (χ1v) is 22.1. The summed E-state index contributed by atoms with van der Waals surface area (Å²) in [5, 5.41) is 6.77. The summed E-state index contributed by atoms with van der Waals surface area (Å²) in [4.78, 5) is 2.40. The summed E-state index contributed by atoms with van der Waals surface area (Å²) in [6, 6.07) is 76.6. The molecule has 3 heteroatoms. The number of hydrogen-bond acceptors (Lipinski definition) is 3. The van der Waals surface area contributed by atoms with Crippen molar-refractivity contribution in [1.29, 1.82) is 0 Å². The van der Waals surface area contributed by atoms with Crippen LogP contribution < -0.4 is 4.90 Å². The molecule has 302 valence electrons. The predicted octanol–water partition coefficient (Wildman–Crippen LogP) is 17.4. The van der Waals surface area contributed by atoms with E-state index in [9.17, 15) is 0 Å². The summed E-state index contributed by atoms with van der Waals surface area (Å²) in [7, 11) is 0. The average Bonchev–Trinajstić information content (AvgIpc) is 4.00. The van der Waals surface area contributed by atoms with Crippen molar-refractivity contribution >= 4 is 71.7 Å². The van der Waals surface area contributed by atoms with Crippen LogP contribution in [-0.2, 0) is 5.41 Å². The van der Waals surface area contributed by atoms with Gasteiger partial charge < -0.3 is 13.7 Å². The summed E-state index contributed by atoms with van der Waals surface area (Å²) in [6.45, 7) is 4.70. The van der Waals surface area contributed by atoms with Crippen LogP contribution >= 0.6 is 0 Å². The zero-order valence-corrected chi connectivity index (χ0v) is 35.5. The minimum absolute atomic E-state index is 0.118. The largest absolute Gasteiger partial charge is 0.455 e. The molecular weight excluding hydrogens is 779 g/mol. The van der Waals surface area contributed by atoms with Crippen LogP contribution in [0, 0.1) is 0 Å². The topological polar surface area (TPSA) is 29.5 Å². The number of anilines is 3. The van der Waals surface area contributed by atoms with Crippen LogP contribution in [0.15, 0.2) is 221 Å². The number of benzene rings is 10. The van der Waals surface area contributed by atoms with E-state index >= 15 is 0 Å². The molecule has 0 saturated heterocycles. The third-order valence-electron chi connectivity index (χ3n) is 13.7. The summed E-state index contributed by atoms with van der Waals surface area (Å²) in [6.07, 6.45) is 0. The third kappa shape index (κ3) is 5.47. The second kappa shape index (κ2) is 13.9. The molecule has 64 heavy (non-hydrogen) atoms. The van der Waals surface area contributed by atoms with Crippen LogP contribution in [0.1, 0.15) is 25.0 Å². The highest BCUT2D eigenvalue weighted by molar-refractivity contribution is 6.25. The highest BCUT2D eigenvalue weighted by atomic mass is 16.3. The average molecular weight is 820 g/mol. The van der Waals surface area contributed by atoms with Crippen LogP contribution in [0.3, 0.4) is 0 Å². The van der Waals surface area contributed by atoms with Crippen LogP contribution in [0.25, 0.3) is 99.2 Å². The normalized spacial score (nSPS) is 13.0. The molecule has 2 aromatic heterocycles. The lowest BCUT2D eigenvalue weighted by Gasteiger charge is -2.28. The van der Waals surface area contributed by atoms with Crippen molar-refractivity contribution in [2.75, 3.05) is 4.90 Å². The summed E-state index contributed by atoms with van der Waals surface area (Å²) in [5.41, 5.74) is 18.8. The van der Waals surface area contributed by atoms with Crippen molar-refractivity contribution in [1.82, 2.24) is 0 Å². The third-order valence-corrected chi connectivity index (χ3v) is 13.7. The van der Waals surface area contributed by atoms with Gasteiger partial charge in [0.15, 0.2) is 0 Å². The van der Waals surface area contributed by atoms with Crippen molar-refractivity contribution in [2.24, 2.45) is 0 Å². The molecule has 0 aliphatic heterocycles. The van der Waals surface area contributed by atoms with Gasteiger partial charge in [-0.1, -0.05) is 178 Å². The lowest BCUT2D eigenvalue weighted by atomic mass is 9.82. The minimum atomic E-state index is -0.118. The highest BCUT2D eigenvalue weighted by Gasteiger charge is 2.35. The van der Waals surface area contributed by atoms with Gasteiger partial charge in [0.05, 0.1) is 0 Å². The van der Waals surface area contributed by atoms with E-state index in [0.29, 0.717) is 0 Å². The SMILES string of the molecule is CC1(C)c2ccccc2-c2ccc(N(c3ccc(-c4ccccc4)cc3)c3ccc(-c4cccc5ccc6oc7c(-c8cccc9c8oc8ccccc89)cccc7c6c45)cc3)cc21. The number of furan rings is 2. The zero-order chi connectivity index (χ0) is 42.5. The van der Waals surface area contributed by atoms with E-state index in [-0.39, 0.29) is 5.41 Å². The van der Waals surface area contributed by atoms with Crippen molar-refractivity contribution in [3.63, 3.8) is 0 Å². The van der Waals surface area contributed by atoms with E-state index in [1.54, 1.807) is 0 Å². The van der Waals surface area contributed by atoms with Gasteiger partial charge in [0.25, 0.3) is 0 Å². The predicted molar refractivity (Wildman–Crippen MR) is 267 cm³/mol. The van der Waals surface area contributed by atoms with Gasteiger partial charge in [-0.2, -0.15) is 0 Å². The van der Waals surface area contributed by atoms with Crippen molar-refractivity contribution in [3.8, 4) is 44.5 Å². The fraction of sp³-hybridized carbons (Fsp3) is 0.0492. The van der Waals surface area contributed by atoms with Gasteiger partial charge in [-0.25, -0.2) is 0 Å². The maximum atomic E-state index is 6.86. The van der Waals surface area contributed by atoms with Gasteiger partial charge in [0, 0.05) is 60.5 Å². The van der Waals surface area contributed by atoms with Crippen molar-refractivity contribution in [2.45, 2.75) is 19.3 Å². The summed E-state index contributed by atoms with van der Waals surface area (Å²) in [5.74, 6) is 0. The Morgan fingerprint density at radius 3 is 1.70 bits per heavy atom. The van der Waals surface area contributed by atoms with Gasteiger partial charge in [-0.3, -0.25) is 0 Å². The molecule has 0 N–H and O–H groups in total. The highest BCUT2D eigenvalue weighted by Crippen LogP contribution is 2.51. The second-order valence-electron chi connectivity index (χ2n) is 17.6. The quantitative estimate of drug-likeness (QED) is 0.167. The van der Waals surface area contributed by atoms with E-state index in [2.05, 4.69) is 219 Å². The Labute approximate surface area is 371 Å². The van der Waals surface area contributed by atoms with Gasteiger partial charge in [0.2, 0.25) is 0 Å². The maximum absolute atomic E-state index is 6.86. The molecule has 3 nitrogen and oxygen atoms in total. The molecule has 10 aromatic carbocycles. The lowest BCUT2D eigenvalue weighted by Crippen LogP contribution is -2.16. The fourth-order valence-electron chi connectivity index (χ4n) is 10.6. The number of rotatable bonds is 6. The molecule has 1 aliphatic carbocycles. The number of hydrogen-bond donors (Lipinski definition) is 0. The van der Waals surface area contributed by atoms with Gasteiger partial charge >= 0.3 is 0 Å². The van der Waals surface area contributed by atoms with E-state index in [4.69, 9.17) is 8.83 Å². The summed E-state index contributed by atoms with van der Waals surface area (Å²) >= 11 is 0. The Kier molecular flexibility index (Phi) is 7.95. The first kappa shape index (κ1) is 36.5. The monoisotopic (exact) mass is 819 g/mol. The Hall–Kier alpha value is -8.14. The van der Waals surface area contributed by atoms with Crippen LogP contribution in [-0.4, -0.2) is 0 Å². The molecule has 1 aliphatic rings. The van der Waals surface area contributed by atoms with Crippen LogP contribution in [0.4, 0.5) is 17.1 Å². The Morgan fingerprint density at radius 2 is 0.906 bits per heavy atom. The van der Waals surface area contributed by atoms with E-state index in [1.807, 2.05) is 12.1 Å². The first-order valence-electron chi connectivity index (χ1n) is 22.1. The molecule has 2 heterocycles. The molecule has 12 aromatic rings. The first-order chi connectivity index (χ1) is 31.5. The van der Waals surface area contributed by atoms with Gasteiger partial charge in [-0.15, -0.1) is 0 Å². The lowest BCUT2D eigenvalue weighted by molar-refractivity contribution is 0.660. The van der Waals surface area contributed by atoms with Gasteiger partial charge in [0.1, 0.15) is 22.3 Å². The molecule has 0 spiro atoms. The standard InChI is InChI=1S/C61H41NO2/c1-61(2)53-23-8-6-16-46(53)47-35-34-44(37-54(47)61)62(42-30-25-39(26-31-42)38-13-4-3-5-14-38)43-32-27-40(28-33-43)45-18-10-15-41-29-36-56-58(57(41)45)52-22-12-21-51(60(52)64-56)50-20-11-19-49-48-17-7-9-24-55(48)63-59(49)50/h3-37H,1-2H3. The van der Waals surface area contributed by atoms with Crippen LogP contribution in [0.5, 0.6) is 0 Å². The number of nitrogens with zero attached hydrogens (tertiary/aromatic N) is 1. The number of para-hydroxylation sites is 3. The molecule has 0 atom stereocenters. The number of fused-ring (bicyclic) bond motifs is 11. The van der Waals surface area contributed by atoms with E-state index in [0.717, 1.165) is 83.2 Å². The molecule has 0 unspecified atom stereocenters. The van der Waals surface area contributed by atoms with Gasteiger partial charge in [-0.05, 0) is 98.4 Å². The van der Waals surface area contributed by atoms with Crippen molar-refractivity contribution in [3.05, 3.63) is 223 Å².